The number of hydrogen-bond acceptors (Lipinski definition) is 4. The monoisotopic (exact) mass is 487 g/mol. The van der Waals surface area contributed by atoms with E-state index < -0.39 is 27.9 Å². The van der Waals surface area contributed by atoms with Gasteiger partial charge in [-0.2, -0.15) is 4.31 Å². The summed E-state index contributed by atoms with van der Waals surface area (Å²) in [4.78, 5) is 0.398. The average Bonchev–Trinajstić information content (AvgIpc) is 2.72. The Morgan fingerprint density at radius 1 is 0.906 bits per heavy atom. The van der Waals surface area contributed by atoms with Gasteiger partial charge >= 0.3 is 0 Å². The van der Waals surface area contributed by atoms with Crippen LogP contribution in [0, 0.1) is 18.4 Å². The van der Waals surface area contributed by atoms with Gasteiger partial charge in [-0.1, -0.05) is 61.5 Å². The van der Waals surface area contributed by atoms with Gasteiger partial charge in [0.2, 0.25) is 19.9 Å². The van der Waals surface area contributed by atoms with E-state index in [2.05, 4.69) is 36.8 Å². The molecular formula is C24H29NO4S2Si. The molecule has 0 radical (unpaired) electrons. The molecule has 0 amide bonds. The lowest BCUT2D eigenvalue weighted by Gasteiger charge is -2.19. The van der Waals surface area contributed by atoms with Gasteiger partial charge in [-0.3, -0.25) is 0 Å². The molecule has 0 aromatic heterocycles. The minimum Gasteiger partial charge on any atom is -0.218 e. The van der Waals surface area contributed by atoms with Crippen molar-refractivity contribution in [2.24, 2.45) is 0 Å². The zero-order chi connectivity index (χ0) is 23.8. The van der Waals surface area contributed by atoms with Crippen LogP contribution in [0.3, 0.4) is 0 Å². The van der Waals surface area contributed by atoms with Crippen LogP contribution in [0.5, 0.6) is 0 Å². The quantitative estimate of drug-likeness (QED) is 0.314. The van der Waals surface area contributed by atoms with E-state index in [0.29, 0.717) is 6.42 Å². The molecule has 0 heterocycles. The van der Waals surface area contributed by atoms with E-state index >= 15 is 0 Å². The fourth-order valence-corrected chi connectivity index (χ4v) is 5.56. The van der Waals surface area contributed by atoms with Crippen LogP contribution in [0.4, 0.5) is 0 Å². The summed E-state index contributed by atoms with van der Waals surface area (Å²) in [5.74, 6) is 3.02. The highest BCUT2D eigenvalue weighted by atomic mass is 32.2. The molecule has 2 aromatic rings. The lowest BCUT2D eigenvalue weighted by molar-refractivity contribution is 0.452. The molecule has 0 aliphatic carbocycles. The zero-order valence-electron chi connectivity index (χ0n) is 18.9. The standard InChI is InChI=1S/C24H29NO4S2Si/c1-22-14-16-24(17-15-22)31(28,29)25(19-11-21-32(2,3)4)18-9-6-10-20-30(26,27)23-12-7-5-8-13-23/h5-8,12-17,20H,9,18-19H2,1-4H3. The predicted molar refractivity (Wildman–Crippen MR) is 132 cm³/mol. The Labute approximate surface area is 193 Å². The Hall–Kier alpha value is -2.40. The fourth-order valence-electron chi connectivity index (χ4n) is 2.64. The lowest BCUT2D eigenvalue weighted by Crippen LogP contribution is -2.32. The van der Waals surface area contributed by atoms with E-state index in [4.69, 9.17) is 0 Å². The van der Waals surface area contributed by atoms with Gasteiger partial charge in [0.25, 0.3) is 0 Å². The summed E-state index contributed by atoms with van der Waals surface area (Å²) in [5.41, 5.74) is 6.84. The van der Waals surface area contributed by atoms with Crippen molar-refractivity contribution in [3.63, 3.8) is 0 Å². The second-order valence-electron chi connectivity index (χ2n) is 8.34. The highest BCUT2D eigenvalue weighted by molar-refractivity contribution is 7.94. The van der Waals surface area contributed by atoms with Crippen LogP contribution in [-0.4, -0.2) is 42.3 Å². The van der Waals surface area contributed by atoms with Crippen LogP contribution >= 0.6 is 0 Å². The van der Waals surface area contributed by atoms with E-state index in [1.807, 2.05) is 6.92 Å². The summed E-state index contributed by atoms with van der Waals surface area (Å²) < 4.78 is 52.2. The molecule has 0 fully saturated rings. The van der Waals surface area contributed by atoms with Crippen LogP contribution in [0.1, 0.15) is 12.0 Å². The number of nitrogens with zero attached hydrogens (tertiary/aromatic N) is 1. The van der Waals surface area contributed by atoms with Crippen LogP contribution in [0.15, 0.2) is 81.6 Å². The first kappa shape index (κ1) is 25.9. The van der Waals surface area contributed by atoms with Crippen molar-refractivity contribution < 1.29 is 16.8 Å². The summed E-state index contributed by atoms with van der Waals surface area (Å²) in [6, 6.07) is 14.8. The van der Waals surface area contributed by atoms with Gasteiger partial charge in [-0.25, -0.2) is 16.8 Å². The third kappa shape index (κ3) is 7.94. The molecular weight excluding hydrogens is 458 g/mol. The molecule has 0 unspecified atom stereocenters. The molecule has 32 heavy (non-hydrogen) atoms. The van der Waals surface area contributed by atoms with E-state index in [1.54, 1.807) is 42.5 Å². The van der Waals surface area contributed by atoms with Crippen LogP contribution in [-0.2, 0) is 19.9 Å². The molecule has 0 atom stereocenters. The Bertz CT molecular complexity index is 1240. The first-order chi connectivity index (χ1) is 14.9. The number of benzene rings is 2. The summed E-state index contributed by atoms with van der Waals surface area (Å²) in [5, 5.41) is 1.01. The molecule has 0 saturated carbocycles. The lowest BCUT2D eigenvalue weighted by atomic mass is 10.2. The molecule has 0 aliphatic rings. The molecule has 2 aromatic carbocycles. The summed E-state index contributed by atoms with van der Waals surface area (Å²) in [6.07, 6.45) is 1.84. The SMILES string of the molecule is Cc1ccc(S(=O)(=O)N(CC#C[Si](C)(C)C)CCC=C=CS(=O)(=O)c2ccccc2)cc1. The molecule has 2 rings (SSSR count). The molecule has 170 valence electrons. The summed E-state index contributed by atoms with van der Waals surface area (Å²) in [6.45, 7) is 8.44. The number of sulfone groups is 1. The second-order valence-corrected chi connectivity index (χ2v) is 16.8. The molecule has 0 spiro atoms. The maximum Gasteiger partial charge on any atom is 0.243 e. The van der Waals surface area contributed by atoms with Crippen molar-refractivity contribution >= 4 is 27.9 Å². The molecule has 0 saturated heterocycles. The van der Waals surface area contributed by atoms with E-state index in [0.717, 1.165) is 11.0 Å². The van der Waals surface area contributed by atoms with Gasteiger partial charge in [-0.15, -0.1) is 11.3 Å². The molecule has 8 heteroatoms. The highest BCUT2D eigenvalue weighted by Crippen LogP contribution is 2.17. The summed E-state index contributed by atoms with van der Waals surface area (Å²) >= 11 is 0. The van der Waals surface area contributed by atoms with Crippen LogP contribution in [0.25, 0.3) is 0 Å². The average molecular weight is 488 g/mol. The smallest absolute Gasteiger partial charge is 0.218 e. The van der Waals surface area contributed by atoms with Crippen LogP contribution in [0.2, 0.25) is 19.6 Å². The minimum absolute atomic E-state index is 0.0837. The molecule has 0 aliphatic heterocycles. The highest BCUT2D eigenvalue weighted by Gasteiger charge is 2.23. The summed E-state index contributed by atoms with van der Waals surface area (Å²) in [7, 11) is -8.95. The van der Waals surface area contributed by atoms with E-state index in [1.165, 1.54) is 22.5 Å². The predicted octanol–water partition coefficient (Wildman–Crippen LogP) is 4.40. The Balaban J connectivity index is 2.20. The van der Waals surface area contributed by atoms with Crippen molar-refractivity contribution in [2.75, 3.05) is 13.1 Å². The van der Waals surface area contributed by atoms with Gasteiger partial charge in [0.1, 0.15) is 8.07 Å². The van der Waals surface area contributed by atoms with Crippen LogP contribution < -0.4 is 0 Å². The molecule has 0 N–H and O–H groups in total. The van der Waals surface area contributed by atoms with Gasteiger partial charge in [-0.05, 0) is 43.7 Å². The number of aryl methyl sites for hydroxylation is 1. The van der Waals surface area contributed by atoms with Gasteiger partial charge in [0.15, 0.2) is 0 Å². The number of hydrogen-bond donors (Lipinski definition) is 0. The Morgan fingerprint density at radius 3 is 2.12 bits per heavy atom. The van der Waals surface area contributed by atoms with Gasteiger partial charge in [0.05, 0.1) is 21.7 Å². The number of rotatable bonds is 8. The maximum atomic E-state index is 13.1. The van der Waals surface area contributed by atoms with Gasteiger partial charge in [0, 0.05) is 6.54 Å². The minimum atomic E-state index is -3.72. The van der Waals surface area contributed by atoms with Crippen molar-refractivity contribution in [3.8, 4) is 11.5 Å². The van der Waals surface area contributed by atoms with Crippen molar-refractivity contribution in [1.29, 1.82) is 0 Å². The van der Waals surface area contributed by atoms with Crippen molar-refractivity contribution in [1.82, 2.24) is 4.31 Å². The van der Waals surface area contributed by atoms with Gasteiger partial charge < -0.3 is 0 Å². The third-order valence-corrected chi connectivity index (χ3v) is 8.47. The first-order valence-corrected chi connectivity index (χ1v) is 16.7. The normalized spacial score (nSPS) is 11.9. The molecule has 5 nitrogen and oxygen atoms in total. The number of sulfonamides is 1. The third-order valence-electron chi connectivity index (χ3n) is 4.31. The topological polar surface area (TPSA) is 71.5 Å². The largest absolute Gasteiger partial charge is 0.243 e. The first-order valence-electron chi connectivity index (χ1n) is 10.2. The zero-order valence-corrected chi connectivity index (χ0v) is 21.5. The fraction of sp³-hybridized carbons (Fsp3) is 0.292. The Morgan fingerprint density at radius 2 is 1.53 bits per heavy atom. The van der Waals surface area contributed by atoms with E-state index in [-0.39, 0.29) is 22.9 Å². The van der Waals surface area contributed by atoms with E-state index in [9.17, 15) is 16.8 Å². The maximum absolute atomic E-state index is 13.1. The van der Waals surface area contributed by atoms with Crippen molar-refractivity contribution in [2.45, 2.75) is 42.8 Å². The van der Waals surface area contributed by atoms with Crippen molar-refractivity contribution in [3.05, 3.63) is 77.4 Å². The molecule has 0 bridgehead atoms. The second kappa shape index (κ2) is 11.0. The Kier molecular flexibility index (Phi) is 8.85.